The van der Waals surface area contributed by atoms with Gasteiger partial charge in [-0.15, -0.1) is 0 Å². The SMILES string of the molecule is Cc1cc(NC(=O)N2CCCC2C(=O)O)ccc1Br. The lowest BCUT2D eigenvalue weighted by atomic mass is 10.2. The number of urea groups is 1. The Kier molecular flexibility index (Phi) is 4.09. The van der Waals surface area contributed by atoms with Gasteiger partial charge in [-0.2, -0.15) is 0 Å². The molecule has 0 radical (unpaired) electrons. The summed E-state index contributed by atoms with van der Waals surface area (Å²) in [5.74, 6) is -0.945. The van der Waals surface area contributed by atoms with E-state index in [4.69, 9.17) is 5.11 Å². The predicted molar refractivity (Wildman–Crippen MR) is 75.3 cm³/mol. The van der Waals surface area contributed by atoms with Gasteiger partial charge in [-0.05, 0) is 43.5 Å². The van der Waals surface area contributed by atoms with Gasteiger partial charge in [0.1, 0.15) is 6.04 Å². The second kappa shape index (κ2) is 5.61. The van der Waals surface area contributed by atoms with E-state index in [1.165, 1.54) is 4.90 Å². The topological polar surface area (TPSA) is 69.6 Å². The lowest BCUT2D eigenvalue weighted by molar-refractivity contribution is -0.141. The van der Waals surface area contributed by atoms with Crippen LogP contribution < -0.4 is 5.32 Å². The number of nitrogens with one attached hydrogen (secondary N) is 1. The summed E-state index contributed by atoms with van der Waals surface area (Å²) in [7, 11) is 0. The lowest BCUT2D eigenvalue weighted by Crippen LogP contribution is -2.42. The molecule has 1 fully saturated rings. The van der Waals surface area contributed by atoms with Crippen molar-refractivity contribution < 1.29 is 14.7 Å². The van der Waals surface area contributed by atoms with E-state index < -0.39 is 12.0 Å². The first-order valence-electron chi connectivity index (χ1n) is 6.05. The Morgan fingerprint density at radius 1 is 1.47 bits per heavy atom. The number of carbonyl (C=O) groups excluding carboxylic acids is 1. The van der Waals surface area contributed by atoms with Crippen LogP contribution in [0.5, 0.6) is 0 Å². The number of aryl methyl sites for hydroxylation is 1. The minimum absolute atomic E-state index is 0.355. The number of halogens is 1. The van der Waals surface area contributed by atoms with Crippen molar-refractivity contribution in [1.29, 1.82) is 0 Å². The third-order valence-corrected chi connectivity index (χ3v) is 4.10. The van der Waals surface area contributed by atoms with Crippen molar-refractivity contribution in [1.82, 2.24) is 4.90 Å². The molecule has 102 valence electrons. The van der Waals surface area contributed by atoms with Crippen LogP contribution in [0.2, 0.25) is 0 Å². The molecular formula is C13H15BrN2O3. The van der Waals surface area contributed by atoms with Gasteiger partial charge in [0.05, 0.1) is 0 Å². The number of rotatable bonds is 2. The normalized spacial score (nSPS) is 18.4. The molecule has 6 heteroatoms. The molecule has 1 heterocycles. The molecule has 0 spiro atoms. The molecule has 1 aromatic carbocycles. The van der Waals surface area contributed by atoms with E-state index in [-0.39, 0.29) is 6.03 Å². The largest absolute Gasteiger partial charge is 0.480 e. The molecule has 0 aromatic heterocycles. The van der Waals surface area contributed by atoms with E-state index in [2.05, 4.69) is 21.2 Å². The second-order valence-corrected chi connectivity index (χ2v) is 5.44. The summed E-state index contributed by atoms with van der Waals surface area (Å²) in [6.07, 6.45) is 1.24. The standard InChI is InChI=1S/C13H15BrN2O3/c1-8-7-9(4-5-10(8)14)15-13(19)16-6-2-3-11(16)12(17)18/h4-5,7,11H,2-3,6H2,1H3,(H,15,19)(H,17,18). The third-order valence-electron chi connectivity index (χ3n) is 3.21. The van der Waals surface area contributed by atoms with Crippen LogP contribution >= 0.6 is 15.9 Å². The summed E-state index contributed by atoms with van der Waals surface area (Å²) < 4.78 is 0.968. The van der Waals surface area contributed by atoms with Crippen LogP contribution in [-0.2, 0) is 4.79 Å². The number of amides is 2. The highest BCUT2D eigenvalue weighted by molar-refractivity contribution is 9.10. The maximum Gasteiger partial charge on any atom is 0.326 e. The minimum atomic E-state index is -0.945. The van der Waals surface area contributed by atoms with Gasteiger partial charge in [-0.3, -0.25) is 0 Å². The van der Waals surface area contributed by atoms with Crippen molar-refractivity contribution in [2.45, 2.75) is 25.8 Å². The van der Waals surface area contributed by atoms with E-state index in [0.29, 0.717) is 18.7 Å². The van der Waals surface area contributed by atoms with Crippen LogP contribution in [0, 0.1) is 6.92 Å². The molecule has 5 nitrogen and oxygen atoms in total. The number of benzene rings is 1. The van der Waals surface area contributed by atoms with E-state index in [9.17, 15) is 9.59 Å². The number of anilines is 1. The summed E-state index contributed by atoms with van der Waals surface area (Å²) in [6, 6.07) is 4.40. The number of aliphatic carboxylic acids is 1. The molecule has 1 saturated heterocycles. The van der Waals surface area contributed by atoms with Crippen LogP contribution in [-0.4, -0.2) is 34.6 Å². The van der Waals surface area contributed by atoms with E-state index in [0.717, 1.165) is 16.5 Å². The highest BCUT2D eigenvalue weighted by Crippen LogP contribution is 2.22. The monoisotopic (exact) mass is 326 g/mol. The molecule has 0 aliphatic carbocycles. The predicted octanol–water partition coefficient (Wildman–Crippen LogP) is 2.84. The van der Waals surface area contributed by atoms with Crippen molar-refractivity contribution in [3.8, 4) is 0 Å². The van der Waals surface area contributed by atoms with Gasteiger partial charge < -0.3 is 15.3 Å². The lowest BCUT2D eigenvalue weighted by Gasteiger charge is -2.22. The molecule has 19 heavy (non-hydrogen) atoms. The number of nitrogens with zero attached hydrogens (tertiary/aromatic N) is 1. The molecule has 2 N–H and O–H groups in total. The molecule has 0 saturated carbocycles. The fourth-order valence-corrected chi connectivity index (χ4v) is 2.43. The Labute approximate surface area is 119 Å². The van der Waals surface area contributed by atoms with Gasteiger partial charge in [0.2, 0.25) is 0 Å². The van der Waals surface area contributed by atoms with Crippen molar-refractivity contribution in [2.75, 3.05) is 11.9 Å². The Morgan fingerprint density at radius 2 is 2.21 bits per heavy atom. The molecular weight excluding hydrogens is 312 g/mol. The fourth-order valence-electron chi connectivity index (χ4n) is 2.18. The molecule has 1 aromatic rings. The van der Waals surface area contributed by atoms with Gasteiger partial charge in [0.15, 0.2) is 0 Å². The van der Waals surface area contributed by atoms with Crippen LogP contribution in [0.15, 0.2) is 22.7 Å². The Bertz CT molecular complexity index is 519. The Morgan fingerprint density at radius 3 is 2.84 bits per heavy atom. The molecule has 1 aliphatic rings. The van der Waals surface area contributed by atoms with Gasteiger partial charge in [0, 0.05) is 16.7 Å². The summed E-state index contributed by atoms with van der Waals surface area (Å²) in [5, 5.41) is 11.8. The summed E-state index contributed by atoms with van der Waals surface area (Å²) in [6.45, 7) is 2.41. The van der Waals surface area contributed by atoms with Crippen LogP contribution in [0.1, 0.15) is 18.4 Å². The van der Waals surface area contributed by atoms with Crippen LogP contribution in [0.3, 0.4) is 0 Å². The van der Waals surface area contributed by atoms with E-state index in [1.807, 2.05) is 19.1 Å². The van der Waals surface area contributed by atoms with Gasteiger partial charge >= 0.3 is 12.0 Å². The quantitative estimate of drug-likeness (QED) is 0.877. The molecule has 1 aliphatic heterocycles. The first kappa shape index (κ1) is 13.9. The van der Waals surface area contributed by atoms with Crippen molar-refractivity contribution in [3.63, 3.8) is 0 Å². The van der Waals surface area contributed by atoms with E-state index >= 15 is 0 Å². The van der Waals surface area contributed by atoms with Crippen LogP contribution in [0.25, 0.3) is 0 Å². The minimum Gasteiger partial charge on any atom is -0.480 e. The number of carboxylic acid groups (broad SMARTS) is 1. The zero-order valence-electron chi connectivity index (χ0n) is 10.5. The number of hydrogen-bond acceptors (Lipinski definition) is 2. The number of hydrogen-bond donors (Lipinski definition) is 2. The molecule has 0 bridgehead atoms. The fraction of sp³-hybridized carbons (Fsp3) is 0.385. The number of carboxylic acids is 1. The van der Waals surface area contributed by atoms with Crippen molar-refractivity contribution in [3.05, 3.63) is 28.2 Å². The summed E-state index contributed by atoms with van der Waals surface area (Å²) in [4.78, 5) is 24.5. The maximum absolute atomic E-state index is 12.1. The average molecular weight is 327 g/mol. The Hall–Kier alpha value is -1.56. The van der Waals surface area contributed by atoms with Gasteiger partial charge in [-0.25, -0.2) is 9.59 Å². The highest BCUT2D eigenvalue weighted by atomic mass is 79.9. The average Bonchev–Trinajstić information content (AvgIpc) is 2.83. The molecule has 2 amide bonds. The third kappa shape index (κ3) is 3.07. The van der Waals surface area contributed by atoms with Crippen molar-refractivity contribution >= 4 is 33.6 Å². The highest BCUT2D eigenvalue weighted by Gasteiger charge is 2.33. The van der Waals surface area contributed by atoms with Crippen molar-refractivity contribution in [2.24, 2.45) is 0 Å². The zero-order chi connectivity index (χ0) is 14.0. The molecule has 1 unspecified atom stereocenters. The first-order chi connectivity index (χ1) is 8.99. The Balaban J connectivity index is 2.08. The smallest absolute Gasteiger partial charge is 0.326 e. The van der Waals surface area contributed by atoms with Crippen LogP contribution in [0.4, 0.5) is 10.5 Å². The van der Waals surface area contributed by atoms with Gasteiger partial charge in [0.25, 0.3) is 0 Å². The molecule has 2 rings (SSSR count). The zero-order valence-corrected chi connectivity index (χ0v) is 12.1. The number of likely N-dealkylation sites (tertiary alicyclic amines) is 1. The van der Waals surface area contributed by atoms with E-state index in [1.54, 1.807) is 6.07 Å². The summed E-state index contributed by atoms with van der Waals surface area (Å²) in [5.41, 5.74) is 1.68. The summed E-state index contributed by atoms with van der Waals surface area (Å²) >= 11 is 3.39. The maximum atomic E-state index is 12.1. The van der Waals surface area contributed by atoms with Gasteiger partial charge in [-0.1, -0.05) is 15.9 Å². The molecule has 1 atom stereocenters. The number of carbonyl (C=O) groups is 2. The first-order valence-corrected chi connectivity index (χ1v) is 6.85. The second-order valence-electron chi connectivity index (χ2n) is 4.58.